The third-order valence-electron chi connectivity index (χ3n) is 5.17. The molecule has 2 aliphatic heterocycles. The van der Waals surface area contributed by atoms with E-state index in [-0.39, 0.29) is 5.91 Å². The first-order valence-electron chi connectivity index (χ1n) is 8.61. The zero-order valence-corrected chi connectivity index (χ0v) is 14.2. The lowest BCUT2D eigenvalue weighted by Gasteiger charge is -2.28. The third-order valence-corrected chi connectivity index (χ3v) is 5.17. The number of carbonyl (C=O) groups excluding carboxylic acids is 1. The minimum atomic E-state index is -0.733. The van der Waals surface area contributed by atoms with Gasteiger partial charge in [-0.1, -0.05) is 5.16 Å². The van der Waals surface area contributed by atoms with E-state index in [0.29, 0.717) is 38.9 Å². The van der Waals surface area contributed by atoms with Gasteiger partial charge in [-0.2, -0.15) is 0 Å². The van der Waals surface area contributed by atoms with Crippen LogP contribution in [0.15, 0.2) is 4.52 Å². The van der Waals surface area contributed by atoms with Gasteiger partial charge in [-0.15, -0.1) is 0 Å². The summed E-state index contributed by atoms with van der Waals surface area (Å²) >= 11 is 0. The number of aromatic nitrogens is 1. The maximum atomic E-state index is 12.4. The van der Waals surface area contributed by atoms with Gasteiger partial charge in [0.05, 0.1) is 17.8 Å². The first-order valence-corrected chi connectivity index (χ1v) is 8.61. The predicted octanol–water partition coefficient (Wildman–Crippen LogP) is 1.28. The molecule has 23 heavy (non-hydrogen) atoms. The molecule has 1 atom stereocenters. The van der Waals surface area contributed by atoms with E-state index in [1.165, 1.54) is 12.8 Å². The minimum Gasteiger partial charge on any atom is -0.387 e. The molecule has 0 radical (unpaired) electrons. The first kappa shape index (κ1) is 16.5. The molecule has 0 saturated carbocycles. The van der Waals surface area contributed by atoms with Crippen molar-refractivity contribution in [1.29, 1.82) is 0 Å². The molecule has 1 N–H and O–H groups in total. The Kier molecular flexibility index (Phi) is 4.73. The third kappa shape index (κ3) is 3.75. The number of carbonyl (C=O) groups is 1. The summed E-state index contributed by atoms with van der Waals surface area (Å²) in [6.45, 7) is 7.74. The average molecular weight is 321 g/mol. The van der Waals surface area contributed by atoms with Gasteiger partial charge in [0, 0.05) is 25.1 Å². The van der Waals surface area contributed by atoms with E-state index in [1.807, 2.05) is 18.7 Å². The van der Waals surface area contributed by atoms with Gasteiger partial charge in [-0.25, -0.2) is 0 Å². The number of likely N-dealkylation sites (tertiary alicyclic amines) is 2. The zero-order chi connectivity index (χ0) is 16.4. The fourth-order valence-electron chi connectivity index (χ4n) is 3.80. The van der Waals surface area contributed by atoms with Crippen LogP contribution in [-0.2, 0) is 11.2 Å². The monoisotopic (exact) mass is 321 g/mol. The number of rotatable bonds is 5. The molecule has 0 bridgehead atoms. The first-order chi connectivity index (χ1) is 11.0. The number of hydrogen-bond acceptors (Lipinski definition) is 5. The summed E-state index contributed by atoms with van der Waals surface area (Å²) in [4.78, 5) is 16.6. The molecule has 6 nitrogen and oxygen atoms in total. The highest BCUT2D eigenvalue weighted by Crippen LogP contribution is 2.25. The Bertz CT molecular complexity index is 546. The van der Waals surface area contributed by atoms with Gasteiger partial charge in [0.2, 0.25) is 5.91 Å². The fourth-order valence-corrected chi connectivity index (χ4v) is 3.80. The Hall–Kier alpha value is -1.40. The van der Waals surface area contributed by atoms with Gasteiger partial charge in [0.15, 0.2) is 0 Å². The Balaban J connectivity index is 1.51. The van der Waals surface area contributed by atoms with Crippen LogP contribution in [0, 0.1) is 13.8 Å². The van der Waals surface area contributed by atoms with Gasteiger partial charge >= 0.3 is 0 Å². The van der Waals surface area contributed by atoms with Crippen LogP contribution in [0.2, 0.25) is 0 Å². The van der Waals surface area contributed by atoms with Crippen LogP contribution < -0.4 is 0 Å². The number of amides is 1. The Morgan fingerprint density at radius 2 is 2.04 bits per heavy atom. The van der Waals surface area contributed by atoms with Crippen molar-refractivity contribution >= 4 is 5.91 Å². The van der Waals surface area contributed by atoms with E-state index in [0.717, 1.165) is 30.1 Å². The number of aliphatic hydroxyl groups is 1. The molecule has 2 fully saturated rings. The van der Waals surface area contributed by atoms with E-state index in [1.54, 1.807) is 0 Å². The maximum absolute atomic E-state index is 12.4. The Morgan fingerprint density at radius 1 is 1.30 bits per heavy atom. The minimum absolute atomic E-state index is 0.113. The van der Waals surface area contributed by atoms with Gasteiger partial charge < -0.3 is 19.4 Å². The SMILES string of the molecule is Cc1noc(C)c1CCC(=O)N1CCC(O)(CN2CCCC2)C1. The summed E-state index contributed by atoms with van der Waals surface area (Å²) < 4.78 is 5.14. The van der Waals surface area contributed by atoms with Crippen LogP contribution in [0.1, 0.15) is 42.7 Å². The molecule has 6 heteroatoms. The van der Waals surface area contributed by atoms with Gasteiger partial charge in [0.25, 0.3) is 0 Å². The summed E-state index contributed by atoms with van der Waals surface area (Å²) in [5.41, 5.74) is 1.16. The second-order valence-corrected chi connectivity index (χ2v) is 7.08. The molecule has 2 saturated heterocycles. The highest BCUT2D eigenvalue weighted by molar-refractivity contribution is 5.77. The van der Waals surface area contributed by atoms with Crippen LogP contribution >= 0.6 is 0 Å². The molecule has 0 aliphatic carbocycles. The second-order valence-electron chi connectivity index (χ2n) is 7.08. The summed E-state index contributed by atoms with van der Waals surface area (Å²) in [6, 6.07) is 0. The molecule has 1 aromatic heterocycles. The van der Waals surface area contributed by atoms with E-state index in [9.17, 15) is 9.90 Å². The lowest BCUT2D eigenvalue weighted by Crippen LogP contribution is -2.45. The molecule has 1 unspecified atom stereocenters. The smallest absolute Gasteiger partial charge is 0.223 e. The van der Waals surface area contributed by atoms with Crippen molar-refractivity contribution in [2.45, 2.75) is 51.6 Å². The summed E-state index contributed by atoms with van der Waals surface area (Å²) in [7, 11) is 0. The quantitative estimate of drug-likeness (QED) is 0.885. The van der Waals surface area contributed by atoms with Crippen molar-refractivity contribution in [3.05, 3.63) is 17.0 Å². The van der Waals surface area contributed by atoms with Crippen LogP contribution in [0.4, 0.5) is 0 Å². The normalized spacial score (nSPS) is 25.4. The molecule has 1 amide bonds. The molecule has 2 aliphatic rings. The molecule has 128 valence electrons. The van der Waals surface area contributed by atoms with Gasteiger partial charge in [0.1, 0.15) is 5.76 Å². The van der Waals surface area contributed by atoms with Crippen molar-refractivity contribution < 1.29 is 14.4 Å². The Morgan fingerprint density at radius 3 is 2.70 bits per heavy atom. The molecular formula is C17H27N3O3. The number of aryl methyl sites for hydroxylation is 2. The van der Waals surface area contributed by atoms with Gasteiger partial charge in [-0.05, 0) is 52.6 Å². The van der Waals surface area contributed by atoms with Crippen LogP contribution in [-0.4, -0.2) is 64.3 Å². The van der Waals surface area contributed by atoms with Crippen LogP contribution in [0.5, 0.6) is 0 Å². The van der Waals surface area contributed by atoms with E-state index in [2.05, 4.69) is 10.1 Å². The number of hydrogen-bond donors (Lipinski definition) is 1. The molecule has 3 rings (SSSR count). The topological polar surface area (TPSA) is 69.8 Å². The largest absolute Gasteiger partial charge is 0.387 e. The lowest BCUT2D eigenvalue weighted by molar-refractivity contribution is -0.131. The standard InChI is InChI=1S/C17H27N3O3/c1-13-15(14(2)23-18-13)5-6-16(21)20-10-7-17(22,12-20)11-19-8-3-4-9-19/h22H,3-12H2,1-2H3. The Labute approximate surface area is 137 Å². The fraction of sp³-hybridized carbons (Fsp3) is 0.765. The molecule has 3 heterocycles. The average Bonchev–Trinajstić information content (AvgIpc) is 3.21. The van der Waals surface area contributed by atoms with Gasteiger partial charge in [-0.3, -0.25) is 4.79 Å². The number of nitrogens with zero attached hydrogens (tertiary/aromatic N) is 3. The second kappa shape index (κ2) is 6.61. The molecule has 1 aromatic rings. The van der Waals surface area contributed by atoms with Crippen molar-refractivity contribution in [2.24, 2.45) is 0 Å². The summed E-state index contributed by atoms with van der Waals surface area (Å²) in [5.74, 6) is 0.907. The maximum Gasteiger partial charge on any atom is 0.223 e. The van der Waals surface area contributed by atoms with Crippen LogP contribution in [0.3, 0.4) is 0 Å². The van der Waals surface area contributed by atoms with E-state index in [4.69, 9.17) is 4.52 Å². The van der Waals surface area contributed by atoms with Crippen molar-refractivity contribution in [2.75, 3.05) is 32.7 Å². The zero-order valence-electron chi connectivity index (χ0n) is 14.2. The van der Waals surface area contributed by atoms with Crippen LogP contribution in [0.25, 0.3) is 0 Å². The van der Waals surface area contributed by atoms with E-state index >= 15 is 0 Å². The highest BCUT2D eigenvalue weighted by Gasteiger charge is 2.39. The predicted molar refractivity (Wildman–Crippen MR) is 86.1 cm³/mol. The van der Waals surface area contributed by atoms with E-state index < -0.39 is 5.60 Å². The van der Waals surface area contributed by atoms with Crippen molar-refractivity contribution in [3.8, 4) is 0 Å². The lowest BCUT2D eigenvalue weighted by atomic mass is 10.0. The molecular weight excluding hydrogens is 294 g/mol. The number of β-amino-alcohol motifs (C(OH)–C–C–N with tert-alkyl or cyclic N) is 1. The summed E-state index contributed by atoms with van der Waals surface area (Å²) in [6.07, 6.45) is 4.22. The molecule has 0 aromatic carbocycles. The summed E-state index contributed by atoms with van der Waals surface area (Å²) in [5, 5.41) is 14.7. The van der Waals surface area contributed by atoms with Crippen molar-refractivity contribution in [1.82, 2.24) is 15.0 Å². The van der Waals surface area contributed by atoms with Crippen molar-refractivity contribution in [3.63, 3.8) is 0 Å². The molecule has 0 spiro atoms. The highest BCUT2D eigenvalue weighted by atomic mass is 16.5.